The van der Waals surface area contributed by atoms with E-state index in [1.807, 2.05) is 30.0 Å². The van der Waals surface area contributed by atoms with Gasteiger partial charge in [-0.1, -0.05) is 18.2 Å². The van der Waals surface area contributed by atoms with Crippen LogP contribution >= 0.6 is 11.3 Å². The zero-order chi connectivity index (χ0) is 11.8. The number of hydrogen-bond donors (Lipinski definition) is 0. The summed E-state index contributed by atoms with van der Waals surface area (Å²) in [4.78, 5) is 19.3. The maximum absolute atomic E-state index is 12.4. The maximum atomic E-state index is 12.4. The molecule has 0 atom stereocenters. The van der Waals surface area contributed by atoms with E-state index in [1.54, 1.807) is 5.51 Å². The summed E-state index contributed by atoms with van der Waals surface area (Å²) in [5, 5.41) is 0. The van der Waals surface area contributed by atoms with Crippen LogP contribution < -0.4 is 4.90 Å². The molecule has 0 spiro atoms. The summed E-state index contributed by atoms with van der Waals surface area (Å²) in [5.74, 6) is 0.0219. The zero-order valence-corrected chi connectivity index (χ0v) is 10.3. The van der Waals surface area contributed by atoms with Gasteiger partial charge in [0.15, 0.2) is 0 Å². The molecular formula is C13H12N2OS. The lowest BCUT2D eigenvalue weighted by atomic mass is 10.2. The predicted octanol–water partition coefficient (Wildman–Crippen LogP) is 2.65. The summed E-state index contributed by atoms with van der Waals surface area (Å²) in [6, 6.07) is 8.07. The number of hydrogen-bond acceptors (Lipinski definition) is 3. The normalized spacial score (nSPS) is 13.8. The van der Waals surface area contributed by atoms with Crippen LogP contribution in [0.1, 0.15) is 20.9 Å². The van der Waals surface area contributed by atoms with Gasteiger partial charge in [0.05, 0.1) is 5.51 Å². The van der Waals surface area contributed by atoms with Gasteiger partial charge in [-0.15, -0.1) is 11.3 Å². The fourth-order valence-electron chi connectivity index (χ4n) is 2.19. The Labute approximate surface area is 104 Å². The Morgan fingerprint density at radius 3 is 3.00 bits per heavy atom. The van der Waals surface area contributed by atoms with Crippen molar-refractivity contribution >= 4 is 22.9 Å². The molecular weight excluding hydrogens is 232 g/mol. The van der Waals surface area contributed by atoms with Gasteiger partial charge in [-0.3, -0.25) is 4.79 Å². The average Bonchev–Trinajstić information content (AvgIpc) is 2.94. The number of anilines is 1. The number of carbonyl (C=O) groups is 1. The van der Waals surface area contributed by atoms with Crippen LogP contribution in [0.25, 0.3) is 0 Å². The highest BCUT2D eigenvalue weighted by atomic mass is 32.1. The van der Waals surface area contributed by atoms with Crippen molar-refractivity contribution in [2.24, 2.45) is 0 Å². The number of aromatic nitrogens is 1. The van der Waals surface area contributed by atoms with Crippen molar-refractivity contribution in [1.82, 2.24) is 4.98 Å². The summed E-state index contributed by atoms with van der Waals surface area (Å²) < 4.78 is 0. The molecule has 0 aliphatic carbocycles. The Morgan fingerprint density at radius 2 is 2.24 bits per heavy atom. The van der Waals surface area contributed by atoms with Crippen LogP contribution in [-0.4, -0.2) is 17.4 Å². The van der Waals surface area contributed by atoms with Crippen molar-refractivity contribution in [1.29, 1.82) is 0 Å². The second kappa shape index (κ2) is 3.96. The fraction of sp³-hybridized carbons (Fsp3) is 0.231. The third-order valence-corrected chi connectivity index (χ3v) is 3.84. The van der Waals surface area contributed by atoms with Crippen molar-refractivity contribution in [2.45, 2.75) is 13.3 Å². The highest BCUT2D eigenvalue weighted by Crippen LogP contribution is 2.29. The molecule has 0 N–H and O–H groups in total. The molecule has 0 fully saturated rings. The zero-order valence-electron chi connectivity index (χ0n) is 9.51. The van der Waals surface area contributed by atoms with Gasteiger partial charge < -0.3 is 4.90 Å². The van der Waals surface area contributed by atoms with Gasteiger partial charge >= 0.3 is 0 Å². The molecule has 1 aliphatic rings. The molecule has 0 saturated heterocycles. The van der Waals surface area contributed by atoms with Crippen molar-refractivity contribution in [2.75, 3.05) is 11.4 Å². The van der Waals surface area contributed by atoms with E-state index in [2.05, 4.69) is 11.1 Å². The highest BCUT2D eigenvalue weighted by Gasteiger charge is 2.27. The number of carbonyl (C=O) groups excluding carboxylic acids is 1. The Hall–Kier alpha value is -1.68. The number of rotatable bonds is 1. The van der Waals surface area contributed by atoms with Gasteiger partial charge in [-0.05, 0) is 25.0 Å². The second-order valence-electron chi connectivity index (χ2n) is 4.09. The first-order valence-corrected chi connectivity index (χ1v) is 6.45. The lowest BCUT2D eigenvalue weighted by molar-refractivity contribution is 0.0985. The number of nitrogens with zero attached hydrogens (tertiary/aromatic N) is 2. The molecule has 1 aromatic heterocycles. The first-order chi connectivity index (χ1) is 8.27. The van der Waals surface area contributed by atoms with Gasteiger partial charge in [0.2, 0.25) is 0 Å². The van der Waals surface area contributed by atoms with Crippen molar-refractivity contribution < 1.29 is 4.79 Å². The minimum atomic E-state index is 0.0219. The molecule has 0 unspecified atom stereocenters. The standard InChI is InChI=1S/C13H12N2OS/c1-9-12(14-8-17-9)13(16)15-7-6-10-4-2-3-5-11(10)15/h2-5,8H,6-7H2,1H3. The number of thiazole rings is 1. The number of fused-ring (bicyclic) bond motifs is 1. The molecule has 17 heavy (non-hydrogen) atoms. The Morgan fingerprint density at radius 1 is 1.41 bits per heavy atom. The summed E-state index contributed by atoms with van der Waals surface area (Å²) in [5.41, 5.74) is 4.59. The van der Waals surface area contributed by atoms with Crippen molar-refractivity contribution in [3.63, 3.8) is 0 Å². The lowest BCUT2D eigenvalue weighted by Gasteiger charge is -2.16. The molecule has 2 heterocycles. The van der Waals surface area contributed by atoms with E-state index in [0.29, 0.717) is 5.69 Å². The van der Waals surface area contributed by atoms with E-state index in [4.69, 9.17) is 0 Å². The number of aryl methyl sites for hydroxylation is 1. The lowest BCUT2D eigenvalue weighted by Crippen LogP contribution is -2.29. The monoisotopic (exact) mass is 244 g/mol. The molecule has 0 saturated carbocycles. The Kier molecular flexibility index (Phi) is 2.44. The van der Waals surface area contributed by atoms with Crippen LogP contribution in [0, 0.1) is 6.92 Å². The Bertz CT molecular complexity index is 576. The number of amides is 1. The Balaban J connectivity index is 1.98. The first kappa shape index (κ1) is 10.5. The molecule has 3 nitrogen and oxygen atoms in total. The summed E-state index contributed by atoms with van der Waals surface area (Å²) in [6.45, 7) is 2.70. The minimum Gasteiger partial charge on any atom is -0.306 e. The first-order valence-electron chi connectivity index (χ1n) is 5.57. The molecule has 1 amide bonds. The van der Waals surface area contributed by atoms with Crippen LogP contribution in [-0.2, 0) is 6.42 Å². The molecule has 86 valence electrons. The maximum Gasteiger partial charge on any atom is 0.278 e. The van der Waals surface area contributed by atoms with Gasteiger partial charge in [0.1, 0.15) is 5.69 Å². The van der Waals surface area contributed by atoms with Crippen LogP contribution in [0.5, 0.6) is 0 Å². The van der Waals surface area contributed by atoms with Crippen LogP contribution in [0.3, 0.4) is 0 Å². The third-order valence-electron chi connectivity index (χ3n) is 3.08. The molecule has 1 aliphatic heterocycles. The second-order valence-corrected chi connectivity index (χ2v) is 5.15. The molecule has 0 bridgehead atoms. The van der Waals surface area contributed by atoms with Crippen LogP contribution in [0.4, 0.5) is 5.69 Å². The van der Waals surface area contributed by atoms with Gasteiger partial charge in [0, 0.05) is 17.1 Å². The van der Waals surface area contributed by atoms with E-state index in [-0.39, 0.29) is 5.91 Å². The van der Waals surface area contributed by atoms with Crippen LogP contribution in [0.15, 0.2) is 29.8 Å². The summed E-state index contributed by atoms with van der Waals surface area (Å²) in [6.07, 6.45) is 0.936. The third kappa shape index (κ3) is 1.65. The minimum absolute atomic E-state index is 0.0219. The molecule has 3 rings (SSSR count). The molecule has 0 radical (unpaired) electrons. The van der Waals surface area contributed by atoms with Gasteiger partial charge in [-0.25, -0.2) is 4.98 Å². The number of benzene rings is 1. The topological polar surface area (TPSA) is 33.2 Å². The largest absolute Gasteiger partial charge is 0.306 e. The quantitative estimate of drug-likeness (QED) is 0.772. The highest BCUT2D eigenvalue weighted by molar-refractivity contribution is 7.09. The van der Waals surface area contributed by atoms with E-state index < -0.39 is 0 Å². The average molecular weight is 244 g/mol. The summed E-state index contributed by atoms with van der Waals surface area (Å²) in [7, 11) is 0. The summed E-state index contributed by atoms with van der Waals surface area (Å²) >= 11 is 1.51. The number of para-hydroxylation sites is 1. The molecule has 4 heteroatoms. The van der Waals surface area contributed by atoms with Gasteiger partial charge in [0.25, 0.3) is 5.91 Å². The molecule has 1 aromatic carbocycles. The SMILES string of the molecule is Cc1scnc1C(=O)N1CCc2ccccc21. The molecule has 2 aromatic rings. The van der Waals surface area contributed by atoms with Crippen molar-refractivity contribution in [3.05, 3.63) is 45.9 Å². The van der Waals surface area contributed by atoms with E-state index >= 15 is 0 Å². The van der Waals surface area contributed by atoms with Gasteiger partial charge in [-0.2, -0.15) is 0 Å². The smallest absolute Gasteiger partial charge is 0.278 e. The van der Waals surface area contributed by atoms with Crippen molar-refractivity contribution in [3.8, 4) is 0 Å². The fourth-order valence-corrected chi connectivity index (χ4v) is 2.76. The van der Waals surface area contributed by atoms with E-state index in [1.165, 1.54) is 16.9 Å². The van der Waals surface area contributed by atoms with E-state index in [9.17, 15) is 4.79 Å². The van der Waals surface area contributed by atoms with E-state index in [0.717, 1.165) is 23.5 Å². The predicted molar refractivity (Wildman–Crippen MR) is 68.7 cm³/mol. The van der Waals surface area contributed by atoms with Crippen LogP contribution in [0.2, 0.25) is 0 Å².